The van der Waals surface area contributed by atoms with Crippen molar-refractivity contribution < 1.29 is 9.53 Å². The van der Waals surface area contributed by atoms with Gasteiger partial charge in [-0.05, 0) is 37.6 Å². The van der Waals surface area contributed by atoms with Gasteiger partial charge in [0.15, 0.2) is 0 Å². The number of benzene rings is 2. The molecule has 1 aromatic heterocycles. The Bertz CT molecular complexity index is 1020. The Hall–Kier alpha value is -2.70. The molecular formula is C20H20ClN3O3. The summed E-state index contributed by atoms with van der Waals surface area (Å²) in [5, 5.41) is 0.718. The SMILES string of the molecule is CC(N)c1nc2cccc(Cl)c2c(=O)n1CCCOC(=O)c1ccccc1. The lowest BCUT2D eigenvalue weighted by atomic mass is 10.2. The van der Waals surface area contributed by atoms with Crippen molar-refractivity contribution >= 4 is 28.5 Å². The molecule has 7 heteroatoms. The van der Waals surface area contributed by atoms with E-state index >= 15 is 0 Å². The quantitative estimate of drug-likeness (QED) is 0.519. The third kappa shape index (κ3) is 4.18. The van der Waals surface area contributed by atoms with Crippen molar-refractivity contribution in [1.29, 1.82) is 0 Å². The van der Waals surface area contributed by atoms with Crippen LogP contribution >= 0.6 is 11.6 Å². The molecule has 3 aromatic rings. The third-order valence-electron chi connectivity index (χ3n) is 4.14. The number of aromatic nitrogens is 2. The average molecular weight is 386 g/mol. The van der Waals surface area contributed by atoms with E-state index in [9.17, 15) is 9.59 Å². The van der Waals surface area contributed by atoms with E-state index in [-0.39, 0.29) is 12.2 Å². The number of halogens is 1. The number of ether oxygens (including phenoxy) is 1. The lowest BCUT2D eigenvalue weighted by Crippen LogP contribution is -2.29. The number of nitrogens with zero attached hydrogens (tertiary/aromatic N) is 2. The molecule has 0 bridgehead atoms. The first-order valence-corrected chi connectivity index (χ1v) is 9.03. The van der Waals surface area contributed by atoms with Gasteiger partial charge in [0.25, 0.3) is 5.56 Å². The Kier molecular flexibility index (Phi) is 5.88. The zero-order chi connectivity index (χ0) is 19.4. The molecule has 6 nitrogen and oxygen atoms in total. The van der Waals surface area contributed by atoms with E-state index in [1.807, 2.05) is 6.07 Å². The standard InChI is InChI=1S/C20H20ClN3O3/c1-13(22)18-23-16-10-5-9-15(21)17(16)19(25)24(18)11-6-12-27-20(26)14-7-3-2-4-8-14/h2-5,7-10,13H,6,11-12,22H2,1H3. The first kappa shape index (κ1) is 19.1. The summed E-state index contributed by atoms with van der Waals surface area (Å²) in [6.07, 6.45) is 0.454. The average Bonchev–Trinajstić information content (AvgIpc) is 2.66. The lowest BCUT2D eigenvalue weighted by Gasteiger charge is -2.16. The molecule has 0 amide bonds. The highest BCUT2D eigenvalue weighted by Crippen LogP contribution is 2.20. The van der Waals surface area contributed by atoms with E-state index in [0.29, 0.717) is 40.3 Å². The topological polar surface area (TPSA) is 87.2 Å². The van der Waals surface area contributed by atoms with Gasteiger partial charge in [-0.15, -0.1) is 0 Å². The van der Waals surface area contributed by atoms with Crippen molar-refractivity contribution in [1.82, 2.24) is 9.55 Å². The van der Waals surface area contributed by atoms with Gasteiger partial charge in [0, 0.05) is 6.54 Å². The van der Waals surface area contributed by atoms with Crippen LogP contribution in [0.25, 0.3) is 10.9 Å². The van der Waals surface area contributed by atoms with Crippen LogP contribution in [-0.2, 0) is 11.3 Å². The zero-order valence-electron chi connectivity index (χ0n) is 14.9. The minimum atomic E-state index is -0.423. The Balaban J connectivity index is 1.77. The molecule has 0 aliphatic carbocycles. The van der Waals surface area contributed by atoms with Crippen LogP contribution in [0.4, 0.5) is 0 Å². The first-order valence-electron chi connectivity index (χ1n) is 8.65. The summed E-state index contributed by atoms with van der Waals surface area (Å²) in [7, 11) is 0. The van der Waals surface area contributed by atoms with E-state index in [1.165, 1.54) is 4.57 Å². The van der Waals surface area contributed by atoms with Crippen LogP contribution in [-0.4, -0.2) is 22.1 Å². The summed E-state index contributed by atoms with van der Waals surface area (Å²) in [6.45, 7) is 2.27. The van der Waals surface area contributed by atoms with Crippen LogP contribution in [0.15, 0.2) is 53.3 Å². The molecule has 1 unspecified atom stereocenters. The monoisotopic (exact) mass is 385 g/mol. The van der Waals surface area contributed by atoms with Gasteiger partial charge in [-0.2, -0.15) is 0 Å². The maximum absolute atomic E-state index is 12.9. The van der Waals surface area contributed by atoms with Crippen molar-refractivity contribution in [2.24, 2.45) is 5.73 Å². The summed E-state index contributed by atoms with van der Waals surface area (Å²) in [4.78, 5) is 29.4. The van der Waals surface area contributed by atoms with Gasteiger partial charge in [-0.1, -0.05) is 35.9 Å². The predicted octanol–water partition coefficient (Wildman–Crippen LogP) is 3.32. The number of rotatable bonds is 6. The summed E-state index contributed by atoms with van der Waals surface area (Å²) < 4.78 is 6.78. The molecule has 140 valence electrons. The smallest absolute Gasteiger partial charge is 0.338 e. The van der Waals surface area contributed by atoms with Gasteiger partial charge < -0.3 is 10.5 Å². The summed E-state index contributed by atoms with van der Waals surface area (Å²) in [5.74, 6) is 0.0826. The Morgan fingerprint density at radius 2 is 1.96 bits per heavy atom. The number of carbonyl (C=O) groups excluding carboxylic acids is 1. The minimum Gasteiger partial charge on any atom is -0.462 e. The molecule has 0 spiro atoms. The van der Waals surface area contributed by atoms with Gasteiger partial charge in [0.2, 0.25) is 0 Å². The molecule has 0 aliphatic rings. The largest absolute Gasteiger partial charge is 0.462 e. The molecule has 27 heavy (non-hydrogen) atoms. The van der Waals surface area contributed by atoms with E-state index in [0.717, 1.165) is 0 Å². The highest BCUT2D eigenvalue weighted by molar-refractivity contribution is 6.35. The van der Waals surface area contributed by atoms with Crippen LogP contribution in [0.1, 0.15) is 35.6 Å². The van der Waals surface area contributed by atoms with Crippen molar-refractivity contribution in [2.75, 3.05) is 6.61 Å². The van der Waals surface area contributed by atoms with Crippen LogP contribution in [0.3, 0.4) is 0 Å². The van der Waals surface area contributed by atoms with Crippen LogP contribution in [0, 0.1) is 0 Å². The van der Waals surface area contributed by atoms with Gasteiger partial charge in [0.05, 0.1) is 34.1 Å². The molecule has 1 atom stereocenters. The van der Waals surface area contributed by atoms with E-state index in [1.54, 1.807) is 49.4 Å². The van der Waals surface area contributed by atoms with Crippen molar-refractivity contribution in [3.63, 3.8) is 0 Å². The van der Waals surface area contributed by atoms with Crippen LogP contribution in [0.5, 0.6) is 0 Å². The highest BCUT2D eigenvalue weighted by atomic mass is 35.5. The minimum absolute atomic E-state index is 0.180. The van der Waals surface area contributed by atoms with Gasteiger partial charge >= 0.3 is 5.97 Å². The molecule has 1 heterocycles. The van der Waals surface area contributed by atoms with Crippen molar-refractivity contribution in [3.8, 4) is 0 Å². The molecule has 0 aliphatic heterocycles. The number of esters is 1. The van der Waals surface area contributed by atoms with Crippen molar-refractivity contribution in [3.05, 3.63) is 75.3 Å². The number of nitrogens with two attached hydrogens (primary N) is 1. The number of hydrogen-bond donors (Lipinski definition) is 1. The first-order chi connectivity index (χ1) is 13.0. The maximum atomic E-state index is 12.9. The maximum Gasteiger partial charge on any atom is 0.338 e. The second kappa shape index (κ2) is 8.33. The zero-order valence-corrected chi connectivity index (χ0v) is 15.6. The molecule has 0 saturated carbocycles. The van der Waals surface area contributed by atoms with Crippen LogP contribution < -0.4 is 11.3 Å². The second-order valence-electron chi connectivity index (χ2n) is 6.20. The van der Waals surface area contributed by atoms with E-state index < -0.39 is 12.0 Å². The van der Waals surface area contributed by atoms with Crippen LogP contribution in [0.2, 0.25) is 5.02 Å². The lowest BCUT2D eigenvalue weighted by molar-refractivity contribution is 0.0495. The van der Waals surface area contributed by atoms with Gasteiger partial charge in [0.1, 0.15) is 5.82 Å². The fourth-order valence-electron chi connectivity index (χ4n) is 2.85. The molecular weight excluding hydrogens is 366 g/mol. The summed E-state index contributed by atoms with van der Waals surface area (Å²) >= 11 is 6.18. The Morgan fingerprint density at radius 1 is 1.22 bits per heavy atom. The summed E-state index contributed by atoms with van der Waals surface area (Å²) in [5.41, 5.74) is 6.77. The van der Waals surface area contributed by atoms with Crippen molar-refractivity contribution in [2.45, 2.75) is 25.9 Å². The van der Waals surface area contributed by atoms with E-state index in [2.05, 4.69) is 4.98 Å². The summed E-state index contributed by atoms with van der Waals surface area (Å²) in [6, 6.07) is 13.5. The molecule has 0 saturated heterocycles. The molecule has 2 aromatic carbocycles. The normalized spacial score (nSPS) is 12.1. The highest BCUT2D eigenvalue weighted by Gasteiger charge is 2.16. The molecule has 2 N–H and O–H groups in total. The number of hydrogen-bond acceptors (Lipinski definition) is 5. The Labute approximate surface area is 161 Å². The van der Waals surface area contributed by atoms with E-state index in [4.69, 9.17) is 22.1 Å². The fourth-order valence-corrected chi connectivity index (χ4v) is 3.10. The molecule has 0 fully saturated rings. The van der Waals surface area contributed by atoms with Gasteiger partial charge in [-0.25, -0.2) is 9.78 Å². The van der Waals surface area contributed by atoms with Gasteiger partial charge in [-0.3, -0.25) is 9.36 Å². The predicted molar refractivity (Wildman–Crippen MR) is 105 cm³/mol. The molecule has 0 radical (unpaired) electrons. The fraction of sp³-hybridized carbons (Fsp3) is 0.250. The number of carbonyl (C=O) groups is 1. The third-order valence-corrected chi connectivity index (χ3v) is 4.45. The Morgan fingerprint density at radius 3 is 2.67 bits per heavy atom. The second-order valence-corrected chi connectivity index (χ2v) is 6.61. The number of fused-ring (bicyclic) bond motifs is 1. The molecule has 3 rings (SSSR count).